The molecule has 8 nitrogen and oxygen atoms in total. The molecule has 1 fully saturated rings. The Balaban J connectivity index is 1.44. The van der Waals surface area contributed by atoms with Gasteiger partial charge in [-0.15, -0.1) is 10.2 Å². The van der Waals surface area contributed by atoms with E-state index < -0.39 is 0 Å². The average molecular weight is 391 g/mol. The molecule has 29 heavy (non-hydrogen) atoms. The monoisotopic (exact) mass is 391 g/mol. The maximum Gasteiger partial charge on any atom is 0.229 e. The number of hydrogen-bond donors (Lipinski definition) is 1. The zero-order valence-corrected chi connectivity index (χ0v) is 16.7. The van der Waals surface area contributed by atoms with Crippen LogP contribution in [0.1, 0.15) is 38.2 Å². The molecule has 1 aliphatic rings. The minimum absolute atomic E-state index is 0.0648. The standard InChI is InChI=1S/C21H25N7O/c1-15(2)17-7-3-4-8-18(17)24-21(29)16-6-5-11-27(12-16)19-9-10-20(26-25-19)28-14-22-13-23-28/h3-4,7-10,13-16H,5-6,11-12H2,1-2H3,(H,24,29). The van der Waals surface area contributed by atoms with E-state index in [1.54, 1.807) is 11.0 Å². The molecular formula is C21H25N7O. The van der Waals surface area contributed by atoms with Gasteiger partial charge in [-0.25, -0.2) is 9.67 Å². The Morgan fingerprint density at radius 1 is 1.14 bits per heavy atom. The van der Waals surface area contributed by atoms with Gasteiger partial charge < -0.3 is 10.2 Å². The van der Waals surface area contributed by atoms with Crippen LogP contribution in [0.15, 0.2) is 49.1 Å². The zero-order chi connectivity index (χ0) is 20.2. The van der Waals surface area contributed by atoms with Gasteiger partial charge in [-0.3, -0.25) is 4.79 Å². The molecule has 0 radical (unpaired) electrons. The van der Waals surface area contributed by atoms with Crippen LogP contribution in [0.25, 0.3) is 5.82 Å². The van der Waals surface area contributed by atoms with Crippen molar-refractivity contribution in [2.45, 2.75) is 32.6 Å². The Bertz CT molecular complexity index is 953. The fourth-order valence-corrected chi connectivity index (χ4v) is 3.68. The molecule has 4 rings (SSSR count). The lowest BCUT2D eigenvalue weighted by Gasteiger charge is -2.32. The first-order chi connectivity index (χ1) is 14.1. The lowest BCUT2D eigenvalue weighted by Crippen LogP contribution is -2.41. The van der Waals surface area contributed by atoms with Crippen LogP contribution in [0.2, 0.25) is 0 Å². The van der Waals surface area contributed by atoms with Gasteiger partial charge in [0.25, 0.3) is 0 Å². The van der Waals surface area contributed by atoms with Gasteiger partial charge in [-0.05, 0) is 42.5 Å². The van der Waals surface area contributed by atoms with E-state index in [-0.39, 0.29) is 11.8 Å². The van der Waals surface area contributed by atoms with Crippen molar-refractivity contribution < 1.29 is 4.79 Å². The molecule has 1 aromatic carbocycles. The molecule has 1 N–H and O–H groups in total. The van der Waals surface area contributed by atoms with Gasteiger partial charge in [-0.2, -0.15) is 5.10 Å². The number of piperidine rings is 1. The van der Waals surface area contributed by atoms with Gasteiger partial charge in [0.2, 0.25) is 5.91 Å². The van der Waals surface area contributed by atoms with Crippen molar-refractivity contribution in [2.24, 2.45) is 5.92 Å². The highest BCUT2D eigenvalue weighted by atomic mass is 16.1. The van der Waals surface area contributed by atoms with E-state index in [1.807, 2.05) is 30.3 Å². The van der Waals surface area contributed by atoms with Crippen molar-refractivity contribution in [3.63, 3.8) is 0 Å². The lowest BCUT2D eigenvalue weighted by molar-refractivity contribution is -0.120. The number of nitrogens with one attached hydrogen (secondary N) is 1. The number of anilines is 2. The van der Waals surface area contributed by atoms with Crippen molar-refractivity contribution >= 4 is 17.4 Å². The first-order valence-electron chi connectivity index (χ1n) is 9.95. The third kappa shape index (κ3) is 4.26. The third-order valence-corrected chi connectivity index (χ3v) is 5.25. The summed E-state index contributed by atoms with van der Waals surface area (Å²) in [6.07, 6.45) is 4.86. The molecule has 1 saturated heterocycles. The van der Waals surface area contributed by atoms with Gasteiger partial charge in [0.15, 0.2) is 11.6 Å². The van der Waals surface area contributed by atoms with E-state index in [1.165, 1.54) is 6.33 Å². The van der Waals surface area contributed by atoms with E-state index in [9.17, 15) is 4.79 Å². The number of rotatable bonds is 5. The van der Waals surface area contributed by atoms with E-state index >= 15 is 0 Å². The number of para-hydroxylation sites is 1. The number of nitrogens with zero attached hydrogens (tertiary/aromatic N) is 6. The number of amides is 1. The molecule has 1 unspecified atom stereocenters. The molecule has 1 atom stereocenters. The van der Waals surface area contributed by atoms with Crippen molar-refractivity contribution in [1.29, 1.82) is 0 Å². The molecule has 150 valence electrons. The van der Waals surface area contributed by atoms with Crippen LogP contribution in [0.4, 0.5) is 11.5 Å². The Labute approximate surface area is 170 Å². The molecule has 0 spiro atoms. The number of benzene rings is 1. The van der Waals surface area contributed by atoms with Crippen LogP contribution in [0, 0.1) is 5.92 Å². The second-order valence-electron chi connectivity index (χ2n) is 7.61. The Morgan fingerprint density at radius 2 is 1.93 bits per heavy atom. The summed E-state index contributed by atoms with van der Waals surface area (Å²) in [4.78, 5) is 19.0. The first kappa shape index (κ1) is 19.0. The normalized spacial score (nSPS) is 16.8. The minimum Gasteiger partial charge on any atom is -0.354 e. The fourth-order valence-electron chi connectivity index (χ4n) is 3.68. The van der Waals surface area contributed by atoms with Crippen molar-refractivity contribution in [3.8, 4) is 5.82 Å². The summed E-state index contributed by atoms with van der Waals surface area (Å²) in [5.74, 6) is 1.72. The fraction of sp³-hybridized carbons (Fsp3) is 0.381. The van der Waals surface area contributed by atoms with E-state index in [4.69, 9.17) is 0 Å². The molecule has 1 amide bonds. The number of hydrogen-bond acceptors (Lipinski definition) is 6. The number of carbonyl (C=O) groups is 1. The third-order valence-electron chi connectivity index (χ3n) is 5.25. The summed E-state index contributed by atoms with van der Waals surface area (Å²) in [6, 6.07) is 11.8. The van der Waals surface area contributed by atoms with E-state index in [0.29, 0.717) is 18.3 Å². The van der Waals surface area contributed by atoms with E-state index in [0.717, 1.165) is 36.5 Å². The van der Waals surface area contributed by atoms with Crippen LogP contribution in [0.3, 0.4) is 0 Å². The van der Waals surface area contributed by atoms with Crippen LogP contribution < -0.4 is 10.2 Å². The van der Waals surface area contributed by atoms with Crippen LogP contribution in [-0.2, 0) is 4.79 Å². The second-order valence-corrected chi connectivity index (χ2v) is 7.61. The Morgan fingerprint density at radius 3 is 2.66 bits per heavy atom. The molecule has 3 heterocycles. The van der Waals surface area contributed by atoms with Crippen molar-refractivity contribution in [2.75, 3.05) is 23.3 Å². The van der Waals surface area contributed by atoms with Gasteiger partial charge in [0, 0.05) is 18.8 Å². The predicted octanol–water partition coefficient (Wildman–Crippen LogP) is 3.04. The highest BCUT2D eigenvalue weighted by molar-refractivity contribution is 5.93. The molecular weight excluding hydrogens is 366 g/mol. The van der Waals surface area contributed by atoms with Crippen LogP contribution >= 0.6 is 0 Å². The highest BCUT2D eigenvalue weighted by Crippen LogP contribution is 2.26. The molecule has 2 aromatic heterocycles. The molecule has 0 saturated carbocycles. The predicted molar refractivity (Wildman–Crippen MR) is 111 cm³/mol. The highest BCUT2D eigenvalue weighted by Gasteiger charge is 2.27. The summed E-state index contributed by atoms with van der Waals surface area (Å²) < 4.78 is 1.56. The zero-order valence-electron chi connectivity index (χ0n) is 16.7. The van der Waals surface area contributed by atoms with Gasteiger partial charge in [-0.1, -0.05) is 32.0 Å². The van der Waals surface area contributed by atoms with Gasteiger partial charge in [0.05, 0.1) is 5.92 Å². The summed E-state index contributed by atoms with van der Waals surface area (Å²) in [7, 11) is 0. The summed E-state index contributed by atoms with van der Waals surface area (Å²) in [5, 5.41) is 15.8. The SMILES string of the molecule is CC(C)c1ccccc1NC(=O)C1CCCN(c2ccc(-n3cncn3)nn2)C1. The van der Waals surface area contributed by atoms with E-state index in [2.05, 4.69) is 50.4 Å². The topological polar surface area (TPSA) is 88.8 Å². The molecule has 1 aliphatic heterocycles. The lowest BCUT2D eigenvalue weighted by atomic mass is 9.96. The first-order valence-corrected chi connectivity index (χ1v) is 9.95. The molecule has 3 aromatic rings. The Hall–Kier alpha value is -3.29. The maximum absolute atomic E-state index is 12.9. The van der Waals surface area contributed by atoms with Crippen molar-refractivity contribution in [3.05, 3.63) is 54.6 Å². The second kappa shape index (κ2) is 8.38. The molecule has 0 aliphatic carbocycles. The Kier molecular flexibility index (Phi) is 5.50. The van der Waals surface area contributed by atoms with Gasteiger partial charge >= 0.3 is 0 Å². The largest absolute Gasteiger partial charge is 0.354 e. The minimum atomic E-state index is -0.0826. The van der Waals surface area contributed by atoms with Crippen molar-refractivity contribution in [1.82, 2.24) is 25.0 Å². The number of carbonyl (C=O) groups excluding carboxylic acids is 1. The quantitative estimate of drug-likeness (QED) is 0.719. The molecule has 0 bridgehead atoms. The smallest absolute Gasteiger partial charge is 0.229 e. The average Bonchev–Trinajstić information content (AvgIpc) is 3.29. The summed E-state index contributed by atoms with van der Waals surface area (Å²) in [5.41, 5.74) is 2.06. The maximum atomic E-state index is 12.9. The summed E-state index contributed by atoms with van der Waals surface area (Å²) >= 11 is 0. The van der Waals surface area contributed by atoms with Crippen LogP contribution in [-0.4, -0.2) is 44.0 Å². The number of aromatic nitrogens is 5. The molecule has 8 heteroatoms. The van der Waals surface area contributed by atoms with Gasteiger partial charge in [0.1, 0.15) is 12.7 Å². The summed E-state index contributed by atoms with van der Waals surface area (Å²) in [6.45, 7) is 5.76. The van der Waals surface area contributed by atoms with Crippen LogP contribution in [0.5, 0.6) is 0 Å².